The lowest BCUT2D eigenvalue weighted by atomic mass is 9.86. The number of rotatable bonds is 2. The number of amides is 1. The molecule has 2 aliphatic heterocycles. The molecule has 3 aromatic rings. The van der Waals surface area contributed by atoms with Crippen molar-refractivity contribution in [3.8, 4) is 5.75 Å². The molecule has 0 bridgehead atoms. The Morgan fingerprint density at radius 3 is 2.83 bits per heavy atom. The Hall–Kier alpha value is -3.74. The Morgan fingerprint density at radius 2 is 2.03 bits per heavy atom. The van der Waals surface area contributed by atoms with Crippen molar-refractivity contribution in [3.63, 3.8) is 0 Å². The first-order chi connectivity index (χ1) is 14.6. The van der Waals surface area contributed by atoms with Gasteiger partial charge in [-0.2, -0.15) is 5.10 Å². The fourth-order valence-electron chi connectivity index (χ4n) is 4.16. The summed E-state index contributed by atoms with van der Waals surface area (Å²) in [5.74, 6) is -2.28. The van der Waals surface area contributed by atoms with Gasteiger partial charge in [-0.15, -0.1) is 5.10 Å². The van der Waals surface area contributed by atoms with Crippen LogP contribution in [0.2, 0.25) is 0 Å². The van der Waals surface area contributed by atoms with Gasteiger partial charge in [-0.25, -0.2) is 4.39 Å². The second-order valence-electron chi connectivity index (χ2n) is 7.42. The van der Waals surface area contributed by atoms with E-state index >= 15 is 0 Å². The smallest absolute Gasteiger partial charge is 0.236 e. The fourth-order valence-corrected chi connectivity index (χ4v) is 4.16. The molecule has 150 valence electrons. The van der Waals surface area contributed by atoms with Crippen LogP contribution in [0, 0.1) is 5.82 Å². The number of halogens is 1. The van der Waals surface area contributed by atoms with Crippen LogP contribution in [0.25, 0.3) is 5.57 Å². The highest BCUT2D eigenvalue weighted by molar-refractivity contribution is 6.03. The zero-order valence-corrected chi connectivity index (χ0v) is 16.2. The molecule has 0 saturated heterocycles. The number of fused-ring (bicyclic) bond motifs is 2. The Kier molecular flexibility index (Phi) is 4.24. The zero-order chi connectivity index (χ0) is 20.8. The second kappa shape index (κ2) is 6.95. The summed E-state index contributed by atoms with van der Waals surface area (Å²) in [5, 5.41) is 22.2. The lowest BCUT2D eigenvalue weighted by Crippen LogP contribution is -2.35. The van der Waals surface area contributed by atoms with E-state index in [1.54, 1.807) is 12.3 Å². The number of H-pyrrole nitrogens is 1. The maximum atomic E-state index is 14.1. The van der Waals surface area contributed by atoms with Crippen LogP contribution in [-0.4, -0.2) is 21.7 Å². The number of nitrogens with zero attached hydrogens (tertiary/aromatic N) is 2. The molecule has 2 aromatic carbocycles. The van der Waals surface area contributed by atoms with Gasteiger partial charge in [-0.05, 0) is 41.3 Å². The van der Waals surface area contributed by atoms with Gasteiger partial charge < -0.3 is 15.4 Å². The van der Waals surface area contributed by atoms with Gasteiger partial charge in [-0.1, -0.05) is 31.2 Å². The van der Waals surface area contributed by atoms with Crippen molar-refractivity contribution in [1.82, 2.24) is 4.98 Å². The van der Waals surface area contributed by atoms with Crippen LogP contribution >= 0.6 is 0 Å². The van der Waals surface area contributed by atoms with Gasteiger partial charge >= 0.3 is 0 Å². The molecule has 0 spiro atoms. The minimum absolute atomic E-state index is 0.283. The zero-order valence-electron chi connectivity index (χ0n) is 16.2. The molecule has 6 nitrogen and oxygen atoms in total. The van der Waals surface area contributed by atoms with Crippen molar-refractivity contribution in [2.24, 2.45) is 10.2 Å². The number of phenols is 1. The quantitative estimate of drug-likeness (QED) is 0.615. The number of aromatic hydroxyl groups is 1. The molecule has 1 aromatic heterocycles. The van der Waals surface area contributed by atoms with E-state index in [2.05, 4.69) is 20.5 Å². The largest absolute Gasteiger partial charge is 0.505 e. The summed E-state index contributed by atoms with van der Waals surface area (Å²) in [7, 11) is 0. The van der Waals surface area contributed by atoms with Crippen molar-refractivity contribution in [2.45, 2.75) is 25.7 Å². The first-order valence-corrected chi connectivity index (χ1v) is 9.79. The molecule has 5 rings (SSSR count). The number of hydrogen-bond donors (Lipinski definition) is 3. The van der Waals surface area contributed by atoms with Crippen LogP contribution in [-0.2, 0) is 4.79 Å². The summed E-state index contributed by atoms with van der Waals surface area (Å²) >= 11 is 0. The van der Waals surface area contributed by atoms with Crippen molar-refractivity contribution < 1.29 is 14.3 Å². The number of hydrogen-bond acceptors (Lipinski definition) is 4. The van der Waals surface area contributed by atoms with Crippen LogP contribution in [0.15, 0.2) is 58.9 Å². The molecule has 1 atom stereocenters. The Balaban J connectivity index is 1.86. The average Bonchev–Trinajstić information content (AvgIpc) is 3.04. The number of anilines is 1. The van der Waals surface area contributed by atoms with Gasteiger partial charge in [0.2, 0.25) is 5.91 Å². The molecule has 30 heavy (non-hydrogen) atoms. The highest BCUT2D eigenvalue weighted by Gasteiger charge is 2.31. The SMILES string of the molecule is CCC1=NN=c2[nH]cc3c2=C(C1)c1ccccc1NC(=O)C3c1ccc(O)c(F)c1. The Morgan fingerprint density at radius 1 is 1.20 bits per heavy atom. The van der Waals surface area contributed by atoms with Gasteiger partial charge in [0.15, 0.2) is 17.1 Å². The summed E-state index contributed by atoms with van der Waals surface area (Å²) in [4.78, 5) is 16.5. The number of carbonyl (C=O) groups is 1. The van der Waals surface area contributed by atoms with Crippen molar-refractivity contribution in [3.05, 3.63) is 81.9 Å². The van der Waals surface area contributed by atoms with Crippen LogP contribution in [0.3, 0.4) is 0 Å². The predicted molar refractivity (Wildman–Crippen MR) is 111 cm³/mol. The molecular formula is C23H19FN4O2. The standard InChI is InChI=1S/C23H19FN4O2/c1-2-13-10-15-14-5-3-4-6-18(14)26-23(30)20(12-7-8-19(29)17(24)9-12)16-11-25-22(21(15)16)28-27-13/h3-9,11,20,29H,2,10H2,1H3,(H,25,28)(H,26,30). The minimum atomic E-state index is -0.776. The minimum Gasteiger partial charge on any atom is -0.505 e. The monoisotopic (exact) mass is 402 g/mol. The van der Waals surface area contributed by atoms with E-state index in [9.17, 15) is 14.3 Å². The van der Waals surface area contributed by atoms with Gasteiger partial charge in [0.05, 0.1) is 5.92 Å². The maximum Gasteiger partial charge on any atom is 0.236 e. The summed E-state index contributed by atoms with van der Waals surface area (Å²) in [6.07, 6.45) is 3.10. The van der Waals surface area contributed by atoms with E-state index in [1.807, 2.05) is 31.2 Å². The normalized spacial score (nSPS) is 17.5. The molecule has 7 heteroatoms. The van der Waals surface area contributed by atoms with E-state index in [0.717, 1.165) is 28.5 Å². The molecule has 2 aliphatic rings. The molecule has 0 aliphatic carbocycles. The molecule has 1 amide bonds. The van der Waals surface area contributed by atoms with Crippen LogP contribution in [0.5, 0.6) is 5.75 Å². The van der Waals surface area contributed by atoms with Gasteiger partial charge in [0.1, 0.15) is 0 Å². The summed E-state index contributed by atoms with van der Waals surface area (Å²) in [6.45, 7) is 2.04. The first-order valence-electron chi connectivity index (χ1n) is 9.79. The van der Waals surface area contributed by atoms with E-state index in [0.29, 0.717) is 28.7 Å². The summed E-state index contributed by atoms with van der Waals surface area (Å²) in [5.41, 5.74) is 5.30. The number of phenolic OH excluding ortho intramolecular Hbond substituents is 1. The molecule has 3 N–H and O–H groups in total. The van der Waals surface area contributed by atoms with E-state index in [4.69, 9.17) is 0 Å². The van der Waals surface area contributed by atoms with Gasteiger partial charge in [-0.3, -0.25) is 4.79 Å². The number of carbonyl (C=O) groups excluding carboxylic acids is 1. The van der Waals surface area contributed by atoms with Crippen LogP contribution < -0.4 is 16.0 Å². The third kappa shape index (κ3) is 2.82. The number of nitrogens with one attached hydrogen (secondary N) is 2. The average molecular weight is 402 g/mol. The highest BCUT2D eigenvalue weighted by atomic mass is 19.1. The number of aromatic nitrogens is 1. The topological polar surface area (TPSA) is 89.8 Å². The van der Waals surface area contributed by atoms with Gasteiger partial charge in [0, 0.05) is 34.8 Å². The van der Waals surface area contributed by atoms with E-state index in [1.165, 1.54) is 12.1 Å². The summed E-state index contributed by atoms with van der Waals surface area (Å²) in [6, 6.07) is 11.7. The third-order valence-corrected chi connectivity index (χ3v) is 5.66. The second-order valence-corrected chi connectivity index (χ2v) is 7.42. The molecule has 0 fully saturated rings. The van der Waals surface area contributed by atoms with Gasteiger partial charge in [0.25, 0.3) is 0 Å². The molecule has 1 unspecified atom stereocenters. The maximum absolute atomic E-state index is 14.1. The van der Waals surface area contributed by atoms with E-state index in [-0.39, 0.29) is 5.91 Å². The molecule has 0 radical (unpaired) electrons. The van der Waals surface area contributed by atoms with Crippen molar-refractivity contribution >= 4 is 22.9 Å². The lowest BCUT2D eigenvalue weighted by molar-refractivity contribution is -0.116. The van der Waals surface area contributed by atoms with Crippen molar-refractivity contribution in [2.75, 3.05) is 5.32 Å². The fraction of sp³-hybridized carbons (Fsp3) is 0.174. The number of aromatic amines is 1. The Labute approximate surface area is 171 Å². The van der Waals surface area contributed by atoms with Crippen molar-refractivity contribution in [1.29, 1.82) is 0 Å². The van der Waals surface area contributed by atoms with Crippen LogP contribution in [0.4, 0.5) is 10.1 Å². The van der Waals surface area contributed by atoms with E-state index < -0.39 is 17.5 Å². The first kappa shape index (κ1) is 18.3. The molecule has 0 saturated carbocycles. The number of benzene rings is 2. The lowest BCUT2D eigenvalue weighted by Gasteiger charge is -2.23. The predicted octanol–water partition coefficient (Wildman–Crippen LogP) is 2.93. The Bertz CT molecular complexity index is 1340. The molecule has 3 heterocycles. The summed E-state index contributed by atoms with van der Waals surface area (Å²) < 4.78 is 14.1. The number of para-hydroxylation sites is 1. The molecular weight excluding hydrogens is 383 g/mol. The van der Waals surface area contributed by atoms with Crippen LogP contribution in [0.1, 0.15) is 42.4 Å². The third-order valence-electron chi connectivity index (χ3n) is 5.66. The highest BCUT2D eigenvalue weighted by Crippen LogP contribution is 2.33.